The predicted octanol–water partition coefficient (Wildman–Crippen LogP) is -0.155. The van der Waals surface area contributed by atoms with Gasteiger partial charge in [0.05, 0.1) is 0 Å². The van der Waals surface area contributed by atoms with Crippen LogP contribution in [0.4, 0.5) is 0 Å². The minimum atomic E-state index is -4.44. The molecule has 0 aliphatic carbocycles. The minimum absolute atomic E-state index is 0.0877. The maximum atomic E-state index is 10.8. The van der Waals surface area contributed by atoms with E-state index in [9.17, 15) is 13.5 Å². The molecule has 1 atom stereocenters. The third kappa shape index (κ3) is 2.31. The van der Waals surface area contributed by atoms with Crippen molar-refractivity contribution in [3.05, 3.63) is 35.9 Å². The number of aliphatic hydroxyl groups is 1. The van der Waals surface area contributed by atoms with E-state index in [1.54, 1.807) is 18.2 Å². The van der Waals surface area contributed by atoms with Gasteiger partial charge in [-0.1, -0.05) is 0 Å². The summed E-state index contributed by atoms with van der Waals surface area (Å²) in [5.74, 6) is 0. The second kappa shape index (κ2) is 3.68. The third-order valence-corrected chi connectivity index (χ3v) is 5.18. The molecule has 13 heavy (non-hydrogen) atoms. The summed E-state index contributed by atoms with van der Waals surface area (Å²) in [6.07, 6.45) is 0. The van der Waals surface area contributed by atoms with Crippen molar-refractivity contribution >= 4 is 38.0 Å². The zero-order chi connectivity index (χ0) is 10.1. The maximum absolute atomic E-state index is 10.8. The Bertz CT molecular complexity index is 384. The molecule has 1 aromatic carbocycles. The van der Waals surface area contributed by atoms with Crippen LogP contribution in [0.2, 0.25) is 0 Å². The summed E-state index contributed by atoms with van der Waals surface area (Å²) in [6, 6.07) is 7.82. The van der Waals surface area contributed by atoms with E-state index < -0.39 is 12.3 Å². The molecule has 0 aliphatic rings. The van der Waals surface area contributed by atoms with Crippen LogP contribution >= 0.6 is 0 Å². The van der Waals surface area contributed by atoms with Gasteiger partial charge in [0.1, 0.15) is 0 Å². The molecule has 0 radical (unpaired) electrons. The zero-order valence-corrected chi connectivity index (χ0v) is 9.82. The Morgan fingerprint density at radius 2 is 1.69 bits per heavy atom. The Labute approximate surface area is 93.8 Å². The first-order valence-electron chi connectivity index (χ1n) is 3.60. The molecule has 6 heteroatoms. The molecule has 0 fully saturated rings. The average Bonchev–Trinajstić information content (AvgIpc) is 2.04. The summed E-state index contributed by atoms with van der Waals surface area (Å²) in [6.45, 7) is 0. The standard InChI is InChI=1S/C7H7O4S.Na/c8-7(12(9,10)11)6-4-2-1-3-5-6;/h1-5,8H,(H,9,10,11);. The molecule has 0 amide bonds. The summed E-state index contributed by atoms with van der Waals surface area (Å²) in [7, 11) is -4.44. The van der Waals surface area contributed by atoms with Gasteiger partial charge >= 0.3 is 94.2 Å². The first kappa shape index (κ1) is 11.2. The van der Waals surface area contributed by atoms with E-state index in [2.05, 4.69) is 0 Å². The second-order valence-electron chi connectivity index (χ2n) is 2.82. The van der Waals surface area contributed by atoms with Gasteiger partial charge in [-0.2, -0.15) is 0 Å². The molecule has 0 saturated heterocycles. The van der Waals surface area contributed by atoms with Crippen molar-refractivity contribution in [2.45, 2.75) is 2.18 Å². The molecule has 1 unspecified atom stereocenters. The zero-order valence-electron chi connectivity index (χ0n) is 7.01. The quantitative estimate of drug-likeness (QED) is 0.525. The topological polar surface area (TPSA) is 74.6 Å². The van der Waals surface area contributed by atoms with Crippen LogP contribution in [0.3, 0.4) is 0 Å². The van der Waals surface area contributed by atoms with Crippen molar-refractivity contribution in [3.8, 4) is 0 Å². The summed E-state index contributed by atoms with van der Waals surface area (Å²) >= 11 is -0.0877. The Morgan fingerprint density at radius 3 is 2.08 bits per heavy atom. The second-order valence-corrected chi connectivity index (χ2v) is 6.74. The van der Waals surface area contributed by atoms with Crippen molar-refractivity contribution in [2.75, 3.05) is 0 Å². The molecular weight excluding hydrogens is 203 g/mol. The van der Waals surface area contributed by atoms with Gasteiger partial charge in [0, 0.05) is 0 Å². The Morgan fingerprint density at radius 1 is 1.23 bits per heavy atom. The van der Waals surface area contributed by atoms with Crippen LogP contribution in [0, 0.1) is 0 Å². The van der Waals surface area contributed by atoms with Crippen molar-refractivity contribution < 1.29 is 18.1 Å². The van der Waals surface area contributed by atoms with Gasteiger partial charge in [-0.15, -0.1) is 0 Å². The molecule has 2 N–H and O–H groups in total. The molecule has 66 valence electrons. The first-order chi connectivity index (χ1) is 5.86. The fourth-order valence-electron chi connectivity index (χ4n) is 0.896. The van der Waals surface area contributed by atoms with E-state index in [-0.39, 0.29) is 33.5 Å². The first-order valence-corrected chi connectivity index (χ1v) is 6.04. The van der Waals surface area contributed by atoms with Gasteiger partial charge < -0.3 is 0 Å². The molecule has 4 nitrogen and oxygen atoms in total. The number of hydrogen-bond acceptors (Lipinski definition) is 3. The van der Waals surface area contributed by atoms with Crippen molar-refractivity contribution in [1.29, 1.82) is 0 Å². The normalized spacial score (nSPS) is 16.6. The van der Waals surface area contributed by atoms with Crippen LogP contribution in [-0.4, -0.2) is 46.0 Å². The average molecular weight is 210 g/mol. The van der Waals surface area contributed by atoms with Crippen LogP contribution in [0.1, 0.15) is 5.56 Å². The Balaban J connectivity index is 3.24. The van der Waals surface area contributed by atoms with Crippen molar-refractivity contribution in [2.24, 2.45) is 0 Å². The van der Waals surface area contributed by atoms with Gasteiger partial charge in [0.25, 0.3) is 0 Å². The third-order valence-electron chi connectivity index (χ3n) is 1.81. The van der Waals surface area contributed by atoms with Crippen molar-refractivity contribution in [1.82, 2.24) is 0 Å². The molecule has 0 saturated carbocycles. The molecular formula is C7H7NaO4S. The molecule has 0 heterocycles. The van der Waals surface area contributed by atoms with E-state index in [1.807, 2.05) is 0 Å². The van der Waals surface area contributed by atoms with Gasteiger partial charge in [-0.3, -0.25) is 0 Å². The summed E-state index contributed by atoms with van der Waals surface area (Å²) in [4.78, 5) is 0. The van der Waals surface area contributed by atoms with Crippen LogP contribution in [0.5, 0.6) is 0 Å². The molecule has 1 rings (SSSR count). The van der Waals surface area contributed by atoms with Crippen LogP contribution in [0.25, 0.3) is 0 Å². The van der Waals surface area contributed by atoms with E-state index >= 15 is 0 Å². The molecule has 0 bridgehead atoms. The fraction of sp³-hybridized carbons (Fsp3) is 0.143. The number of hydrogen-bond donors (Lipinski definition) is 2. The van der Waals surface area contributed by atoms with Gasteiger partial charge in [0.15, 0.2) is 0 Å². The Hall–Kier alpha value is 0.0900. The van der Waals surface area contributed by atoms with Gasteiger partial charge in [-0.05, 0) is 0 Å². The SMILES string of the molecule is O=S(=O)(O)[C](O)([Na])c1ccccc1. The molecule has 1 aromatic rings. The van der Waals surface area contributed by atoms with E-state index in [4.69, 9.17) is 4.55 Å². The van der Waals surface area contributed by atoms with Crippen LogP contribution < -0.4 is 0 Å². The predicted molar refractivity (Wildman–Crippen MR) is 47.6 cm³/mol. The van der Waals surface area contributed by atoms with Gasteiger partial charge in [0.2, 0.25) is 0 Å². The van der Waals surface area contributed by atoms with E-state index in [0.29, 0.717) is 0 Å². The number of benzene rings is 1. The van der Waals surface area contributed by atoms with Crippen LogP contribution in [0.15, 0.2) is 30.3 Å². The summed E-state index contributed by atoms with van der Waals surface area (Å²) < 4.78 is 28.2. The van der Waals surface area contributed by atoms with Crippen LogP contribution in [-0.2, 0) is 12.3 Å². The number of rotatable bonds is 2. The molecule has 0 aromatic heterocycles. The molecule has 0 spiro atoms. The fourth-order valence-corrected chi connectivity index (χ4v) is 1.66. The van der Waals surface area contributed by atoms with Gasteiger partial charge in [-0.25, -0.2) is 0 Å². The molecule has 0 aliphatic heterocycles. The monoisotopic (exact) mass is 210 g/mol. The van der Waals surface area contributed by atoms with E-state index in [0.717, 1.165) is 0 Å². The Kier molecular flexibility index (Phi) is 3.16. The van der Waals surface area contributed by atoms with E-state index in [1.165, 1.54) is 12.1 Å². The summed E-state index contributed by atoms with van der Waals surface area (Å²) in [5, 5.41) is 9.55. The summed E-state index contributed by atoms with van der Waals surface area (Å²) in [5.41, 5.74) is 0.198. The van der Waals surface area contributed by atoms with Crippen molar-refractivity contribution in [3.63, 3.8) is 0 Å².